The second kappa shape index (κ2) is 5.46. The average Bonchev–Trinajstić information content (AvgIpc) is 2.17. The number of rotatable bonds is 5. The van der Waals surface area contributed by atoms with Crippen molar-refractivity contribution in [2.24, 2.45) is 0 Å². The van der Waals surface area contributed by atoms with E-state index in [1.54, 1.807) is 7.11 Å². The first kappa shape index (κ1) is 13.2. The van der Waals surface area contributed by atoms with Crippen LogP contribution in [0, 0.1) is 13.8 Å². The van der Waals surface area contributed by atoms with Gasteiger partial charge in [0, 0.05) is 19.1 Å². The monoisotopic (exact) mass is 221 g/mol. The van der Waals surface area contributed by atoms with Crippen LogP contribution in [-0.4, -0.2) is 20.4 Å². The van der Waals surface area contributed by atoms with Crippen molar-refractivity contribution >= 4 is 0 Å². The molecular formula is C14H23NO. The van der Waals surface area contributed by atoms with Gasteiger partial charge in [0.2, 0.25) is 0 Å². The summed E-state index contributed by atoms with van der Waals surface area (Å²) in [4.78, 5) is 0. The Morgan fingerprint density at radius 3 is 2.50 bits per heavy atom. The van der Waals surface area contributed by atoms with Crippen LogP contribution in [0.3, 0.4) is 0 Å². The Balaban J connectivity index is 2.80. The van der Waals surface area contributed by atoms with E-state index in [0.29, 0.717) is 6.73 Å². The molecule has 0 saturated carbocycles. The SMILES string of the molecule is COCNCC(C)(C)c1ccc(C)cc1C. The van der Waals surface area contributed by atoms with Gasteiger partial charge in [0.25, 0.3) is 0 Å². The number of aryl methyl sites for hydroxylation is 2. The molecule has 90 valence electrons. The lowest BCUT2D eigenvalue weighted by atomic mass is 9.81. The topological polar surface area (TPSA) is 21.3 Å². The normalized spacial score (nSPS) is 11.8. The molecule has 0 unspecified atom stereocenters. The fraction of sp³-hybridized carbons (Fsp3) is 0.571. The van der Waals surface area contributed by atoms with Crippen LogP contribution in [0.4, 0.5) is 0 Å². The molecule has 16 heavy (non-hydrogen) atoms. The zero-order chi connectivity index (χ0) is 12.2. The largest absolute Gasteiger partial charge is 0.370 e. The molecule has 0 aliphatic carbocycles. The first-order valence-corrected chi connectivity index (χ1v) is 5.75. The fourth-order valence-electron chi connectivity index (χ4n) is 2.13. The van der Waals surface area contributed by atoms with E-state index in [4.69, 9.17) is 4.74 Å². The van der Waals surface area contributed by atoms with Crippen LogP contribution in [0.5, 0.6) is 0 Å². The molecule has 0 aliphatic rings. The van der Waals surface area contributed by atoms with Gasteiger partial charge in [-0.2, -0.15) is 0 Å². The minimum atomic E-state index is 0.135. The zero-order valence-corrected chi connectivity index (χ0v) is 11.1. The third-order valence-corrected chi connectivity index (χ3v) is 2.92. The predicted octanol–water partition coefficient (Wildman–Crippen LogP) is 2.77. The second-order valence-corrected chi connectivity index (χ2v) is 5.06. The lowest BCUT2D eigenvalue weighted by molar-refractivity contribution is 0.169. The Bertz CT molecular complexity index is 345. The fourth-order valence-corrected chi connectivity index (χ4v) is 2.13. The van der Waals surface area contributed by atoms with Crippen molar-refractivity contribution in [2.75, 3.05) is 20.4 Å². The molecule has 0 spiro atoms. The molecule has 0 bridgehead atoms. The molecule has 0 amide bonds. The molecular weight excluding hydrogens is 198 g/mol. The second-order valence-electron chi connectivity index (χ2n) is 5.06. The van der Waals surface area contributed by atoms with Crippen molar-refractivity contribution < 1.29 is 4.74 Å². The van der Waals surface area contributed by atoms with Gasteiger partial charge >= 0.3 is 0 Å². The molecule has 0 aromatic heterocycles. The minimum absolute atomic E-state index is 0.135. The molecule has 1 aromatic rings. The van der Waals surface area contributed by atoms with Gasteiger partial charge < -0.3 is 4.74 Å². The van der Waals surface area contributed by atoms with Crippen LogP contribution in [0.2, 0.25) is 0 Å². The molecule has 0 radical (unpaired) electrons. The zero-order valence-electron chi connectivity index (χ0n) is 11.1. The van der Waals surface area contributed by atoms with E-state index in [2.05, 4.69) is 51.2 Å². The molecule has 0 atom stereocenters. The van der Waals surface area contributed by atoms with Gasteiger partial charge in [-0.05, 0) is 25.0 Å². The summed E-state index contributed by atoms with van der Waals surface area (Å²) in [5.41, 5.74) is 4.23. The summed E-state index contributed by atoms with van der Waals surface area (Å²) in [7, 11) is 1.71. The van der Waals surface area contributed by atoms with Crippen molar-refractivity contribution in [1.82, 2.24) is 5.32 Å². The van der Waals surface area contributed by atoms with Crippen LogP contribution < -0.4 is 5.32 Å². The maximum Gasteiger partial charge on any atom is 0.0961 e. The number of nitrogens with one attached hydrogen (secondary N) is 1. The van der Waals surface area contributed by atoms with Gasteiger partial charge in [0.15, 0.2) is 0 Å². The van der Waals surface area contributed by atoms with E-state index in [9.17, 15) is 0 Å². The van der Waals surface area contributed by atoms with Crippen LogP contribution >= 0.6 is 0 Å². The summed E-state index contributed by atoms with van der Waals surface area (Å²) in [6, 6.07) is 6.66. The maximum atomic E-state index is 5.01. The highest BCUT2D eigenvalue weighted by Crippen LogP contribution is 2.26. The van der Waals surface area contributed by atoms with E-state index < -0.39 is 0 Å². The van der Waals surface area contributed by atoms with E-state index in [-0.39, 0.29) is 5.41 Å². The van der Waals surface area contributed by atoms with Crippen molar-refractivity contribution in [1.29, 1.82) is 0 Å². The average molecular weight is 221 g/mol. The van der Waals surface area contributed by atoms with Crippen LogP contribution in [0.15, 0.2) is 18.2 Å². The van der Waals surface area contributed by atoms with Crippen molar-refractivity contribution in [2.45, 2.75) is 33.1 Å². The van der Waals surface area contributed by atoms with Crippen LogP contribution in [-0.2, 0) is 10.2 Å². The first-order chi connectivity index (χ1) is 7.47. The van der Waals surface area contributed by atoms with Crippen LogP contribution in [0.25, 0.3) is 0 Å². The van der Waals surface area contributed by atoms with Gasteiger partial charge in [-0.25, -0.2) is 0 Å². The summed E-state index contributed by atoms with van der Waals surface area (Å²) in [6.07, 6.45) is 0. The molecule has 0 fully saturated rings. The number of methoxy groups -OCH3 is 1. The lowest BCUT2D eigenvalue weighted by Gasteiger charge is -2.27. The summed E-state index contributed by atoms with van der Waals surface area (Å²) in [6.45, 7) is 10.4. The Kier molecular flexibility index (Phi) is 4.51. The van der Waals surface area contributed by atoms with Gasteiger partial charge in [-0.1, -0.05) is 37.6 Å². The van der Waals surface area contributed by atoms with Gasteiger partial charge in [0.1, 0.15) is 0 Å². The molecule has 1 N–H and O–H groups in total. The summed E-state index contributed by atoms with van der Waals surface area (Å²) in [5.74, 6) is 0. The minimum Gasteiger partial charge on any atom is -0.370 e. The standard InChI is InChI=1S/C14H23NO/c1-11-6-7-13(12(2)8-11)14(3,4)9-15-10-16-5/h6-8,15H,9-10H2,1-5H3. The third-order valence-electron chi connectivity index (χ3n) is 2.92. The molecule has 0 saturated heterocycles. The molecule has 1 aromatic carbocycles. The van der Waals surface area contributed by atoms with E-state index in [1.807, 2.05) is 0 Å². The molecule has 2 heteroatoms. The van der Waals surface area contributed by atoms with E-state index in [1.165, 1.54) is 16.7 Å². The van der Waals surface area contributed by atoms with Crippen molar-refractivity contribution in [3.8, 4) is 0 Å². The first-order valence-electron chi connectivity index (χ1n) is 5.75. The van der Waals surface area contributed by atoms with Gasteiger partial charge in [0.05, 0.1) is 6.73 Å². The van der Waals surface area contributed by atoms with Crippen molar-refractivity contribution in [3.63, 3.8) is 0 Å². The third kappa shape index (κ3) is 3.32. The summed E-state index contributed by atoms with van der Waals surface area (Å²) in [5, 5.41) is 3.29. The Morgan fingerprint density at radius 2 is 1.94 bits per heavy atom. The highest BCUT2D eigenvalue weighted by atomic mass is 16.5. The highest BCUT2D eigenvalue weighted by Gasteiger charge is 2.21. The lowest BCUT2D eigenvalue weighted by Crippen LogP contribution is -2.34. The molecule has 1 rings (SSSR count). The van der Waals surface area contributed by atoms with Crippen LogP contribution in [0.1, 0.15) is 30.5 Å². The Labute approximate surface area is 99.0 Å². The number of ether oxygens (including phenoxy) is 1. The number of hydrogen-bond donors (Lipinski definition) is 1. The molecule has 0 aliphatic heterocycles. The predicted molar refractivity (Wildman–Crippen MR) is 68.8 cm³/mol. The summed E-state index contributed by atoms with van der Waals surface area (Å²) >= 11 is 0. The molecule has 2 nitrogen and oxygen atoms in total. The number of hydrogen-bond acceptors (Lipinski definition) is 2. The quantitative estimate of drug-likeness (QED) is 0.610. The number of benzene rings is 1. The molecule has 0 heterocycles. The van der Waals surface area contributed by atoms with E-state index >= 15 is 0 Å². The summed E-state index contributed by atoms with van der Waals surface area (Å²) < 4.78 is 5.01. The van der Waals surface area contributed by atoms with Gasteiger partial charge in [-0.15, -0.1) is 0 Å². The van der Waals surface area contributed by atoms with E-state index in [0.717, 1.165) is 6.54 Å². The highest BCUT2D eigenvalue weighted by molar-refractivity contribution is 5.35. The Hall–Kier alpha value is -0.860. The maximum absolute atomic E-state index is 5.01. The van der Waals surface area contributed by atoms with Crippen molar-refractivity contribution in [3.05, 3.63) is 34.9 Å². The smallest absolute Gasteiger partial charge is 0.0961 e. The van der Waals surface area contributed by atoms with Gasteiger partial charge in [-0.3, -0.25) is 5.32 Å². The Morgan fingerprint density at radius 1 is 1.25 bits per heavy atom.